The maximum Gasteiger partial charge on any atom is 0.337 e. The van der Waals surface area contributed by atoms with Gasteiger partial charge < -0.3 is 14.4 Å². The number of anilines is 1. The van der Waals surface area contributed by atoms with Crippen molar-refractivity contribution in [1.29, 1.82) is 0 Å². The van der Waals surface area contributed by atoms with Crippen molar-refractivity contribution in [2.24, 2.45) is 0 Å². The van der Waals surface area contributed by atoms with E-state index in [1.807, 2.05) is 23.1 Å². The predicted octanol–water partition coefficient (Wildman–Crippen LogP) is 3.12. The molecule has 1 amide bonds. The van der Waals surface area contributed by atoms with Crippen LogP contribution < -0.4 is 9.64 Å². The van der Waals surface area contributed by atoms with E-state index in [2.05, 4.69) is 4.90 Å². The number of fused-ring (bicyclic) bond motifs is 2. The van der Waals surface area contributed by atoms with E-state index < -0.39 is 0 Å². The molecule has 146 valence electrons. The summed E-state index contributed by atoms with van der Waals surface area (Å²) in [4.78, 5) is 28.6. The lowest BCUT2D eigenvalue weighted by Crippen LogP contribution is -2.50. The normalized spacial score (nSPS) is 21.2. The minimum atomic E-state index is -0.351. The van der Waals surface area contributed by atoms with Crippen molar-refractivity contribution in [2.45, 2.75) is 25.0 Å². The average molecular weight is 401 g/mol. The second-order valence-electron chi connectivity index (χ2n) is 7.05. The van der Waals surface area contributed by atoms with Gasteiger partial charge in [0.15, 0.2) is 0 Å². The zero-order valence-electron chi connectivity index (χ0n) is 15.7. The molecule has 4 rings (SSSR count). The Morgan fingerprint density at radius 2 is 1.93 bits per heavy atom. The molecule has 0 saturated carbocycles. The Hall–Kier alpha value is -2.57. The standard InChI is InChI=1S/C21H21ClN2O4/c1-27-19-8-7-15(9-17(19)22)24-16-10-18(20(24)25)23(12-16)11-13-3-5-14(6-4-13)21(26)28-2/h3-9,16,18H,10-12H2,1-2H3/t16-,18-/m0/s1. The van der Waals surface area contributed by atoms with Crippen LogP contribution in [0, 0.1) is 0 Å². The molecule has 2 fully saturated rings. The highest BCUT2D eigenvalue weighted by molar-refractivity contribution is 6.32. The van der Waals surface area contributed by atoms with E-state index >= 15 is 0 Å². The molecule has 2 aliphatic rings. The second-order valence-corrected chi connectivity index (χ2v) is 7.46. The van der Waals surface area contributed by atoms with Crippen LogP contribution in [0.15, 0.2) is 42.5 Å². The number of benzene rings is 2. The Kier molecular flexibility index (Phi) is 5.00. The molecule has 2 aromatic carbocycles. The molecular formula is C21H21ClN2O4. The van der Waals surface area contributed by atoms with Crippen LogP contribution in [0.1, 0.15) is 22.3 Å². The van der Waals surface area contributed by atoms with Gasteiger partial charge in [0.05, 0.1) is 36.9 Å². The number of hydrogen-bond acceptors (Lipinski definition) is 5. The van der Waals surface area contributed by atoms with Gasteiger partial charge in [-0.05, 0) is 42.3 Å². The number of carbonyl (C=O) groups is 2. The fraction of sp³-hybridized carbons (Fsp3) is 0.333. The van der Waals surface area contributed by atoms with Crippen molar-refractivity contribution in [3.63, 3.8) is 0 Å². The van der Waals surface area contributed by atoms with Gasteiger partial charge in [0.25, 0.3) is 0 Å². The molecule has 0 aliphatic carbocycles. The molecule has 28 heavy (non-hydrogen) atoms. The zero-order valence-corrected chi connectivity index (χ0v) is 16.5. The monoisotopic (exact) mass is 400 g/mol. The number of halogens is 1. The number of ether oxygens (including phenoxy) is 2. The van der Waals surface area contributed by atoms with Crippen LogP contribution in [-0.2, 0) is 16.1 Å². The molecule has 2 heterocycles. The summed E-state index contributed by atoms with van der Waals surface area (Å²) in [6.45, 7) is 1.48. The largest absolute Gasteiger partial charge is 0.495 e. The average Bonchev–Trinajstić information content (AvgIpc) is 3.25. The minimum absolute atomic E-state index is 0.101. The topological polar surface area (TPSA) is 59.1 Å². The lowest BCUT2D eigenvalue weighted by molar-refractivity contribution is -0.122. The SMILES string of the molecule is COC(=O)c1ccc(CN2C[C@@H]3C[C@H]2C(=O)N3c2ccc(OC)c(Cl)c2)cc1. The van der Waals surface area contributed by atoms with Crippen molar-refractivity contribution >= 4 is 29.2 Å². The first-order valence-electron chi connectivity index (χ1n) is 9.09. The highest BCUT2D eigenvalue weighted by Crippen LogP contribution is 2.38. The fourth-order valence-electron chi connectivity index (χ4n) is 4.08. The van der Waals surface area contributed by atoms with Crippen molar-refractivity contribution in [2.75, 3.05) is 25.7 Å². The smallest absolute Gasteiger partial charge is 0.337 e. The molecule has 7 heteroatoms. The Morgan fingerprint density at radius 1 is 1.18 bits per heavy atom. The van der Waals surface area contributed by atoms with Crippen LogP contribution in [0.25, 0.3) is 0 Å². The summed E-state index contributed by atoms with van der Waals surface area (Å²) in [5.74, 6) is 0.346. The third-order valence-electron chi connectivity index (χ3n) is 5.44. The van der Waals surface area contributed by atoms with Crippen molar-refractivity contribution in [1.82, 2.24) is 4.90 Å². The first-order chi connectivity index (χ1) is 13.5. The van der Waals surface area contributed by atoms with Gasteiger partial charge in [-0.3, -0.25) is 9.69 Å². The van der Waals surface area contributed by atoms with Crippen molar-refractivity contribution in [3.05, 3.63) is 58.6 Å². The van der Waals surface area contributed by atoms with Gasteiger partial charge >= 0.3 is 5.97 Å². The molecule has 0 unspecified atom stereocenters. The lowest BCUT2D eigenvalue weighted by Gasteiger charge is -2.34. The van der Waals surface area contributed by atoms with E-state index in [1.54, 1.807) is 31.4 Å². The molecule has 2 atom stereocenters. The summed E-state index contributed by atoms with van der Waals surface area (Å²) < 4.78 is 9.92. The van der Waals surface area contributed by atoms with Crippen LogP contribution in [0.3, 0.4) is 0 Å². The van der Waals surface area contributed by atoms with Crippen LogP contribution >= 0.6 is 11.6 Å². The molecule has 2 aromatic rings. The number of rotatable bonds is 5. The van der Waals surface area contributed by atoms with E-state index in [1.165, 1.54) is 7.11 Å². The number of hydrogen-bond donors (Lipinski definition) is 0. The third kappa shape index (κ3) is 3.23. The number of esters is 1. The maximum atomic E-state index is 13.0. The Labute approximate surface area is 168 Å². The van der Waals surface area contributed by atoms with E-state index in [-0.39, 0.29) is 24.0 Å². The van der Waals surface area contributed by atoms with Gasteiger partial charge in [0.2, 0.25) is 5.91 Å². The second kappa shape index (κ2) is 7.45. The Balaban J connectivity index is 1.46. The highest BCUT2D eigenvalue weighted by atomic mass is 35.5. The number of carbonyl (C=O) groups excluding carboxylic acids is 2. The van der Waals surface area contributed by atoms with Crippen molar-refractivity contribution < 1.29 is 19.1 Å². The summed E-state index contributed by atoms with van der Waals surface area (Å²) in [6.07, 6.45) is 0.808. The summed E-state index contributed by atoms with van der Waals surface area (Å²) in [6, 6.07) is 12.8. The molecule has 0 spiro atoms. The Morgan fingerprint density at radius 3 is 2.54 bits per heavy atom. The van der Waals surface area contributed by atoms with Gasteiger partial charge in [-0.15, -0.1) is 0 Å². The first-order valence-corrected chi connectivity index (χ1v) is 9.47. The number of methoxy groups -OCH3 is 2. The van der Waals surface area contributed by atoms with E-state index in [9.17, 15) is 9.59 Å². The Bertz CT molecular complexity index is 915. The van der Waals surface area contributed by atoms with Crippen molar-refractivity contribution in [3.8, 4) is 5.75 Å². The molecule has 0 radical (unpaired) electrons. The summed E-state index contributed by atoms with van der Waals surface area (Å²) in [5.41, 5.74) is 2.39. The lowest BCUT2D eigenvalue weighted by atomic mass is 10.1. The van der Waals surface area contributed by atoms with E-state index in [0.717, 1.165) is 24.2 Å². The fourth-order valence-corrected chi connectivity index (χ4v) is 4.33. The number of piperazine rings is 1. The van der Waals surface area contributed by atoms with Crippen LogP contribution in [0.5, 0.6) is 5.75 Å². The molecule has 2 bridgehead atoms. The van der Waals surface area contributed by atoms with Gasteiger partial charge in [-0.1, -0.05) is 23.7 Å². The molecule has 0 aromatic heterocycles. The van der Waals surface area contributed by atoms with Gasteiger partial charge in [0.1, 0.15) is 5.75 Å². The van der Waals surface area contributed by atoms with Crippen LogP contribution in [0.2, 0.25) is 5.02 Å². The summed E-state index contributed by atoms with van der Waals surface area (Å²) in [5, 5.41) is 0.498. The van der Waals surface area contributed by atoms with Gasteiger partial charge in [-0.2, -0.15) is 0 Å². The van der Waals surface area contributed by atoms with Crippen LogP contribution in [0.4, 0.5) is 5.69 Å². The summed E-state index contributed by atoms with van der Waals surface area (Å²) >= 11 is 6.23. The predicted molar refractivity (Wildman–Crippen MR) is 106 cm³/mol. The minimum Gasteiger partial charge on any atom is -0.495 e. The van der Waals surface area contributed by atoms with Gasteiger partial charge in [0, 0.05) is 18.8 Å². The zero-order chi connectivity index (χ0) is 19.8. The summed E-state index contributed by atoms with van der Waals surface area (Å²) in [7, 11) is 2.93. The maximum absolute atomic E-state index is 13.0. The first kappa shape index (κ1) is 18.8. The van der Waals surface area contributed by atoms with E-state index in [4.69, 9.17) is 21.1 Å². The highest BCUT2D eigenvalue weighted by Gasteiger charge is 2.49. The third-order valence-corrected chi connectivity index (χ3v) is 5.74. The molecule has 2 aliphatic heterocycles. The van der Waals surface area contributed by atoms with Gasteiger partial charge in [-0.25, -0.2) is 4.79 Å². The molecular weight excluding hydrogens is 380 g/mol. The van der Waals surface area contributed by atoms with E-state index in [0.29, 0.717) is 22.9 Å². The number of amides is 1. The molecule has 0 N–H and O–H groups in total. The number of likely N-dealkylation sites (tertiary alicyclic amines) is 1. The quantitative estimate of drug-likeness (QED) is 0.722. The number of nitrogens with zero attached hydrogens (tertiary/aromatic N) is 2. The molecule has 6 nitrogen and oxygen atoms in total. The van der Waals surface area contributed by atoms with Crippen LogP contribution in [-0.4, -0.2) is 49.6 Å². The molecule has 2 saturated heterocycles.